The van der Waals surface area contributed by atoms with Crippen LogP contribution in [-0.4, -0.2) is 20.8 Å². The second-order valence-corrected chi connectivity index (χ2v) is 4.84. The molecule has 2 N–H and O–H groups in total. The van der Waals surface area contributed by atoms with Crippen LogP contribution in [0.1, 0.15) is 24.1 Å². The van der Waals surface area contributed by atoms with Crippen molar-refractivity contribution >= 4 is 0 Å². The lowest BCUT2D eigenvalue weighted by Crippen LogP contribution is -2.17. The fourth-order valence-electron chi connectivity index (χ4n) is 1.82. The van der Waals surface area contributed by atoms with E-state index in [1.807, 2.05) is 49.7 Å². The van der Waals surface area contributed by atoms with Gasteiger partial charge in [0.25, 0.3) is 0 Å². The van der Waals surface area contributed by atoms with Gasteiger partial charge in [0, 0.05) is 13.1 Å². The first-order valence-electron chi connectivity index (χ1n) is 6.38. The number of benzene rings is 1. The van der Waals surface area contributed by atoms with Crippen LogP contribution in [-0.2, 0) is 20.1 Å². The maximum Gasteiger partial charge on any atom is 0.170 e. The van der Waals surface area contributed by atoms with E-state index in [9.17, 15) is 0 Å². The van der Waals surface area contributed by atoms with Crippen LogP contribution in [0.25, 0.3) is 0 Å². The number of aryl methyl sites for hydroxylation is 1. The molecule has 2 aromatic rings. The fourth-order valence-corrected chi connectivity index (χ4v) is 1.82. The Morgan fingerprint density at radius 3 is 2.47 bits per heavy atom. The van der Waals surface area contributed by atoms with Crippen molar-refractivity contribution < 1.29 is 4.74 Å². The van der Waals surface area contributed by atoms with Gasteiger partial charge >= 0.3 is 0 Å². The lowest BCUT2D eigenvalue weighted by molar-refractivity contribution is 0.291. The Labute approximate surface area is 113 Å². The van der Waals surface area contributed by atoms with Crippen LogP contribution in [0.3, 0.4) is 0 Å². The molecule has 0 amide bonds. The van der Waals surface area contributed by atoms with E-state index in [0.29, 0.717) is 6.61 Å². The van der Waals surface area contributed by atoms with Crippen LogP contribution in [0.15, 0.2) is 24.3 Å². The first-order chi connectivity index (χ1) is 9.06. The minimum atomic E-state index is 0.174. The summed E-state index contributed by atoms with van der Waals surface area (Å²) in [6.45, 7) is 4.34. The van der Waals surface area contributed by atoms with Crippen molar-refractivity contribution in [1.29, 1.82) is 0 Å². The predicted octanol–water partition coefficient (Wildman–Crippen LogP) is 1.59. The van der Waals surface area contributed by atoms with Gasteiger partial charge in [-0.1, -0.05) is 12.1 Å². The summed E-state index contributed by atoms with van der Waals surface area (Å²) < 4.78 is 7.61. The average Bonchev–Trinajstić information content (AvgIpc) is 2.69. The molecule has 5 nitrogen and oxygen atoms in total. The molecule has 1 aromatic carbocycles. The van der Waals surface area contributed by atoms with Gasteiger partial charge in [-0.3, -0.25) is 0 Å². The number of ether oxygens (including phenoxy) is 1. The maximum atomic E-state index is 5.77. The minimum absolute atomic E-state index is 0.174. The lowest BCUT2D eigenvalue weighted by Gasteiger charge is -2.08. The predicted molar refractivity (Wildman–Crippen MR) is 73.9 cm³/mol. The minimum Gasteiger partial charge on any atom is -0.486 e. The molecule has 2 rings (SSSR count). The van der Waals surface area contributed by atoms with Gasteiger partial charge in [-0.15, -0.1) is 10.2 Å². The summed E-state index contributed by atoms with van der Waals surface area (Å²) in [5.41, 5.74) is 6.99. The monoisotopic (exact) mass is 260 g/mol. The molecule has 5 heteroatoms. The Bertz CT molecular complexity index is 531. The van der Waals surface area contributed by atoms with E-state index in [4.69, 9.17) is 10.5 Å². The highest BCUT2D eigenvalue weighted by Crippen LogP contribution is 2.14. The summed E-state index contributed by atoms with van der Waals surface area (Å²) in [5, 5.41) is 8.05. The molecular formula is C14H20N4O. The molecule has 0 saturated carbocycles. The number of hydrogen-bond acceptors (Lipinski definition) is 4. The highest BCUT2D eigenvalue weighted by molar-refractivity contribution is 5.27. The number of aromatic nitrogens is 3. The zero-order valence-corrected chi connectivity index (χ0v) is 11.6. The Hall–Kier alpha value is -1.88. The molecule has 1 aromatic heterocycles. The molecule has 0 radical (unpaired) electrons. The largest absolute Gasteiger partial charge is 0.486 e. The first kappa shape index (κ1) is 13.5. The van der Waals surface area contributed by atoms with Crippen molar-refractivity contribution in [2.75, 3.05) is 0 Å². The number of nitrogens with two attached hydrogens (primary N) is 1. The molecule has 0 saturated heterocycles. The van der Waals surface area contributed by atoms with E-state index in [-0.39, 0.29) is 6.04 Å². The first-order valence-corrected chi connectivity index (χ1v) is 6.38. The lowest BCUT2D eigenvalue weighted by atomic mass is 10.1. The van der Waals surface area contributed by atoms with E-state index >= 15 is 0 Å². The van der Waals surface area contributed by atoms with Gasteiger partial charge in [0.2, 0.25) is 0 Å². The quantitative estimate of drug-likeness (QED) is 0.886. The second kappa shape index (κ2) is 5.84. The van der Waals surface area contributed by atoms with Crippen LogP contribution in [0, 0.1) is 6.92 Å². The van der Waals surface area contributed by atoms with Gasteiger partial charge in [-0.05, 0) is 38.0 Å². The summed E-state index contributed by atoms with van der Waals surface area (Å²) in [4.78, 5) is 0. The number of hydrogen-bond donors (Lipinski definition) is 1. The molecule has 1 heterocycles. The number of nitrogens with zero attached hydrogens (tertiary/aromatic N) is 3. The zero-order chi connectivity index (χ0) is 13.8. The van der Waals surface area contributed by atoms with Gasteiger partial charge in [0.1, 0.15) is 18.2 Å². The summed E-state index contributed by atoms with van der Waals surface area (Å²) in [6.07, 6.45) is 0.878. The van der Waals surface area contributed by atoms with Crippen LogP contribution in [0.4, 0.5) is 0 Å². The number of rotatable bonds is 5. The van der Waals surface area contributed by atoms with Crippen molar-refractivity contribution in [3.05, 3.63) is 41.5 Å². The summed E-state index contributed by atoms with van der Waals surface area (Å²) in [5.74, 6) is 2.53. The van der Waals surface area contributed by atoms with Crippen LogP contribution >= 0.6 is 0 Å². The Morgan fingerprint density at radius 2 is 1.95 bits per heavy atom. The van der Waals surface area contributed by atoms with E-state index in [0.717, 1.165) is 23.8 Å². The van der Waals surface area contributed by atoms with Gasteiger partial charge < -0.3 is 15.0 Å². The molecule has 0 aliphatic heterocycles. The highest BCUT2D eigenvalue weighted by atomic mass is 16.5. The summed E-state index contributed by atoms with van der Waals surface area (Å²) in [7, 11) is 1.93. The van der Waals surface area contributed by atoms with Crippen molar-refractivity contribution in [1.82, 2.24) is 14.8 Å². The maximum absolute atomic E-state index is 5.77. The van der Waals surface area contributed by atoms with Gasteiger partial charge in [-0.2, -0.15) is 0 Å². The Balaban J connectivity index is 1.95. The SMILES string of the molecule is Cc1nnc(COc2ccc(CC(C)N)cc2)n1C. The molecule has 19 heavy (non-hydrogen) atoms. The normalized spacial score (nSPS) is 12.4. The van der Waals surface area contributed by atoms with Gasteiger partial charge in [0.15, 0.2) is 5.82 Å². The van der Waals surface area contributed by atoms with Gasteiger partial charge in [0.05, 0.1) is 0 Å². The topological polar surface area (TPSA) is 66.0 Å². The van der Waals surface area contributed by atoms with E-state index < -0.39 is 0 Å². The molecule has 102 valence electrons. The van der Waals surface area contributed by atoms with Crippen molar-refractivity contribution in [2.24, 2.45) is 12.8 Å². The van der Waals surface area contributed by atoms with Gasteiger partial charge in [-0.25, -0.2) is 0 Å². The standard InChI is InChI=1S/C14H20N4O/c1-10(15)8-12-4-6-13(7-5-12)19-9-14-17-16-11(2)18(14)3/h4-7,10H,8-9,15H2,1-3H3. The molecule has 0 spiro atoms. The van der Waals surface area contributed by atoms with Crippen molar-refractivity contribution in [2.45, 2.75) is 32.9 Å². The third kappa shape index (κ3) is 3.54. The van der Waals surface area contributed by atoms with Crippen LogP contribution in [0.2, 0.25) is 0 Å². The highest BCUT2D eigenvalue weighted by Gasteiger charge is 2.05. The second-order valence-electron chi connectivity index (χ2n) is 4.84. The third-order valence-corrected chi connectivity index (χ3v) is 3.03. The summed E-state index contributed by atoms with van der Waals surface area (Å²) in [6, 6.07) is 8.18. The molecular weight excluding hydrogens is 240 g/mol. The van der Waals surface area contributed by atoms with E-state index in [2.05, 4.69) is 10.2 Å². The molecule has 0 bridgehead atoms. The molecule has 0 aliphatic carbocycles. The molecule has 0 aliphatic rings. The van der Waals surface area contributed by atoms with Crippen molar-refractivity contribution in [3.8, 4) is 5.75 Å². The third-order valence-electron chi connectivity index (χ3n) is 3.03. The fraction of sp³-hybridized carbons (Fsp3) is 0.429. The average molecular weight is 260 g/mol. The van der Waals surface area contributed by atoms with E-state index in [1.54, 1.807) is 0 Å². The molecule has 1 unspecified atom stereocenters. The van der Waals surface area contributed by atoms with Crippen LogP contribution in [0.5, 0.6) is 5.75 Å². The molecule has 1 atom stereocenters. The van der Waals surface area contributed by atoms with Crippen LogP contribution < -0.4 is 10.5 Å². The molecule has 0 fully saturated rings. The Morgan fingerprint density at radius 1 is 1.26 bits per heavy atom. The van der Waals surface area contributed by atoms with Crippen molar-refractivity contribution in [3.63, 3.8) is 0 Å². The van der Waals surface area contributed by atoms with E-state index in [1.165, 1.54) is 5.56 Å². The smallest absolute Gasteiger partial charge is 0.170 e. The zero-order valence-electron chi connectivity index (χ0n) is 11.6. The summed E-state index contributed by atoms with van der Waals surface area (Å²) >= 11 is 0. The Kier molecular flexibility index (Phi) is 4.16.